The molecule has 1 saturated heterocycles. The van der Waals surface area contributed by atoms with Gasteiger partial charge in [0.15, 0.2) is 0 Å². The van der Waals surface area contributed by atoms with Crippen LogP contribution in [0.2, 0.25) is 0 Å². The lowest BCUT2D eigenvalue weighted by molar-refractivity contribution is -0.0136. The summed E-state index contributed by atoms with van der Waals surface area (Å²) < 4.78 is 5.85. The number of fused-ring (bicyclic) bond motifs is 2. The Hall–Kier alpha value is -0.540. The third kappa shape index (κ3) is 1.79. The average Bonchev–Trinajstić information content (AvgIpc) is 2.42. The van der Waals surface area contributed by atoms with Crippen LogP contribution in [0.1, 0.15) is 32.1 Å². The van der Waals surface area contributed by atoms with Crippen molar-refractivity contribution >= 4 is 0 Å². The Kier molecular flexibility index (Phi) is 2.54. The summed E-state index contributed by atoms with van der Waals surface area (Å²) in [6, 6.07) is -0.327. The molecule has 1 aliphatic heterocycles. The zero-order valence-corrected chi connectivity index (χ0v) is 8.54. The normalized spacial score (nSPS) is 38.2. The van der Waals surface area contributed by atoms with Gasteiger partial charge in [0.1, 0.15) is 5.76 Å². The van der Waals surface area contributed by atoms with E-state index >= 15 is 0 Å². The van der Waals surface area contributed by atoms with Gasteiger partial charge in [-0.2, -0.15) is 0 Å². The molecule has 2 rings (SSSR count). The molecule has 0 aromatic rings. The van der Waals surface area contributed by atoms with Gasteiger partial charge in [0.05, 0.1) is 18.2 Å². The van der Waals surface area contributed by atoms with Gasteiger partial charge in [-0.15, -0.1) is 0 Å². The molecule has 1 heterocycles. The van der Waals surface area contributed by atoms with Gasteiger partial charge in [0, 0.05) is 0 Å². The lowest BCUT2D eigenvalue weighted by Crippen LogP contribution is -2.38. The van der Waals surface area contributed by atoms with Crippen molar-refractivity contribution in [3.05, 3.63) is 12.3 Å². The molecule has 3 atom stereocenters. The van der Waals surface area contributed by atoms with E-state index < -0.39 is 0 Å². The van der Waals surface area contributed by atoms with Crippen LogP contribution in [0.5, 0.6) is 0 Å². The van der Waals surface area contributed by atoms with Crippen LogP contribution < -0.4 is 5.73 Å². The minimum absolute atomic E-state index is 0.0476. The first-order chi connectivity index (χ1) is 6.61. The minimum atomic E-state index is -0.327. The molecule has 14 heavy (non-hydrogen) atoms. The lowest BCUT2D eigenvalue weighted by atomic mass is 9.78. The van der Waals surface area contributed by atoms with Crippen LogP contribution in [0.4, 0.5) is 0 Å². The number of aliphatic hydroxyl groups is 1. The van der Waals surface area contributed by atoms with Crippen LogP contribution >= 0.6 is 0 Å². The summed E-state index contributed by atoms with van der Waals surface area (Å²) in [5.74, 6) is 0.805. The average molecular weight is 197 g/mol. The zero-order chi connectivity index (χ0) is 10.2. The number of ether oxygens (including phenoxy) is 1. The molecule has 2 fully saturated rings. The molecule has 0 spiro atoms. The first-order valence-electron chi connectivity index (χ1n) is 5.39. The molecular weight excluding hydrogens is 178 g/mol. The molecule has 2 aliphatic rings. The maximum Gasteiger partial charge on any atom is 0.102 e. The first kappa shape index (κ1) is 9.99. The fourth-order valence-corrected chi connectivity index (χ4v) is 2.77. The summed E-state index contributed by atoms with van der Waals surface area (Å²) >= 11 is 0. The van der Waals surface area contributed by atoms with Crippen molar-refractivity contribution in [3.8, 4) is 0 Å². The van der Waals surface area contributed by atoms with Crippen molar-refractivity contribution in [2.75, 3.05) is 6.61 Å². The Morgan fingerprint density at radius 1 is 1.71 bits per heavy atom. The van der Waals surface area contributed by atoms with Crippen LogP contribution in [-0.4, -0.2) is 23.4 Å². The molecule has 0 radical (unpaired) electrons. The number of aliphatic hydroxyl groups excluding tert-OH is 1. The predicted molar refractivity (Wildman–Crippen MR) is 55.0 cm³/mol. The SMILES string of the molecule is C=C(O)C(N)CC12CCCC(CO1)C2. The molecule has 3 N–H and O–H groups in total. The van der Waals surface area contributed by atoms with Crippen LogP contribution in [0.15, 0.2) is 12.3 Å². The highest BCUT2D eigenvalue weighted by atomic mass is 16.5. The number of hydrogen-bond donors (Lipinski definition) is 2. The molecule has 3 unspecified atom stereocenters. The Balaban J connectivity index is 1.99. The lowest BCUT2D eigenvalue weighted by Gasteiger charge is -2.33. The maximum absolute atomic E-state index is 9.20. The minimum Gasteiger partial charge on any atom is -0.511 e. The Bertz CT molecular complexity index is 237. The van der Waals surface area contributed by atoms with Gasteiger partial charge in [0.25, 0.3) is 0 Å². The number of hydrogen-bond acceptors (Lipinski definition) is 3. The summed E-state index contributed by atoms with van der Waals surface area (Å²) in [4.78, 5) is 0. The Morgan fingerprint density at radius 2 is 2.50 bits per heavy atom. The zero-order valence-electron chi connectivity index (χ0n) is 8.54. The van der Waals surface area contributed by atoms with Crippen LogP contribution in [0.3, 0.4) is 0 Å². The van der Waals surface area contributed by atoms with E-state index in [-0.39, 0.29) is 17.4 Å². The molecule has 1 saturated carbocycles. The summed E-state index contributed by atoms with van der Waals surface area (Å²) in [6.07, 6.45) is 5.45. The molecule has 3 heteroatoms. The van der Waals surface area contributed by atoms with Gasteiger partial charge in [-0.1, -0.05) is 13.0 Å². The number of rotatable bonds is 3. The molecule has 3 nitrogen and oxygen atoms in total. The second-order valence-electron chi connectivity index (χ2n) is 4.76. The van der Waals surface area contributed by atoms with Crippen molar-refractivity contribution in [2.45, 2.75) is 43.7 Å². The highest BCUT2D eigenvalue weighted by molar-refractivity contribution is 5.02. The maximum atomic E-state index is 9.20. The summed E-state index contributed by atoms with van der Waals surface area (Å²) in [7, 11) is 0. The molecule has 0 aromatic heterocycles. The van der Waals surface area contributed by atoms with E-state index in [1.165, 1.54) is 12.8 Å². The molecule has 0 amide bonds. The highest BCUT2D eigenvalue weighted by Crippen LogP contribution is 2.44. The topological polar surface area (TPSA) is 55.5 Å². The van der Waals surface area contributed by atoms with Crippen molar-refractivity contribution in [1.29, 1.82) is 0 Å². The van der Waals surface area contributed by atoms with E-state index in [1.807, 2.05) is 0 Å². The summed E-state index contributed by atoms with van der Waals surface area (Å²) in [6.45, 7) is 4.35. The molecular formula is C11H19NO2. The van der Waals surface area contributed by atoms with Crippen molar-refractivity contribution in [2.24, 2.45) is 11.7 Å². The summed E-state index contributed by atoms with van der Waals surface area (Å²) in [5, 5.41) is 9.20. The summed E-state index contributed by atoms with van der Waals surface area (Å²) in [5.41, 5.74) is 5.75. The van der Waals surface area contributed by atoms with Gasteiger partial charge in [-0.3, -0.25) is 0 Å². The van der Waals surface area contributed by atoms with E-state index in [2.05, 4.69) is 6.58 Å². The number of nitrogens with two attached hydrogens (primary N) is 1. The third-order valence-corrected chi connectivity index (χ3v) is 3.55. The fraction of sp³-hybridized carbons (Fsp3) is 0.818. The smallest absolute Gasteiger partial charge is 0.102 e. The quantitative estimate of drug-likeness (QED) is 0.677. The van der Waals surface area contributed by atoms with Gasteiger partial charge in [0.2, 0.25) is 0 Å². The monoisotopic (exact) mass is 197 g/mol. The second-order valence-corrected chi connectivity index (χ2v) is 4.76. The standard InChI is InChI=1S/C11H19NO2/c1-8(13)10(12)6-11-4-2-3-9(5-11)7-14-11/h9-10,13H,1-7,12H2. The highest BCUT2D eigenvalue weighted by Gasteiger charge is 2.44. The van der Waals surface area contributed by atoms with E-state index in [1.54, 1.807) is 0 Å². The van der Waals surface area contributed by atoms with E-state index in [0.29, 0.717) is 0 Å². The molecule has 1 aliphatic carbocycles. The van der Waals surface area contributed by atoms with Crippen molar-refractivity contribution in [3.63, 3.8) is 0 Å². The van der Waals surface area contributed by atoms with E-state index in [9.17, 15) is 5.11 Å². The van der Waals surface area contributed by atoms with Gasteiger partial charge >= 0.3 is 0 Å². The van der Waals surface area contributed by atoms with Gasteiger partial charge in [-0.25, -0.2) is 0 Å². The third-order valence-electron chi connectivity index (χ3n) is 3.55. The van der Waals surface area contributed by atoms with Crippen LogP contribution in [-0.2, 0) is 4.74 Å². The van der Waals surface area contributed by atoms with Crippen molar-refractivity contribution < 1.29 is 9.84 Å². The van der Waals surface area contributed by atoms with Gasteiger partial charge in [-0.05, 0) is 31.6 Å². The predicted octanol–water partition coefficient (Wildman–Crippen LogP) is 1.73. The van der Waals surface area contributed by atoms with Crippen molar-refractivity contribution in [1.82, 2.24) is 0 Å². The molecule has 2 bridgehead atoms. The van der Waals surface area contributed by atoms with Crippen LogP contribution in [0, 0.1) is 5.92 Å². The van der Waals surface area contributed by atoms with Gasteiger partial charge < -0.3 is 15.6 Å². The Morgan fingerprint density at radius 3 is 3.21 bits per heavy atom. The molecule has 80 valence electrons. The van der Waals surface area contributed by atoms with Crippen LogP contribution in [0.25, 0.3) is 0 Å². The van der Waals surface area contributed by atoms with E-state index in [0.717, 1.165) is 31.8 Å². The second kappa shape index (κ2) is 3.55. The first-order valence-corrected chi connectivity index (χ1v) is 5.39. The van der Waals surface area contributed by atoms with E-state index in [4.69, 9.17) is 10.5 Å². The fourth-order valence-electron chi connectivity index (χ4n) is 2.77. The largest absolute Gasteiger partial charge is 0.511 e. The Labute approximate surface area is 84.9 Å². The molecule has 0 aromatic carbocycles.